The molecule has 3 heterocycles. The van der Waals surface area contributed by atoms with Gasteiger partial charge in [0.2, 0.25) is 5.91 Å². The maximum absolute atomic E-state index is 13.0. The van der Waals surface area contributed by atoms with Crippen LogP contribution < -0.4 is 20.9 Å². The average molecular weight is 442 g/mol. The van der Waals surface area contributed by atoms with Crippen molar-refractivity contribution in [2.75, 3.05) is 7.11 Å². The first-order valence-corrected chi connectivity index (χ1v) is 11.3. The summed E-state index contributed by atoms with van der Waals surface area (Å²) in [7, 11) is 1.57. The first kappa shape index (κ1) is 20.7. The maximum atomic E-state index is 13.0. The minimum absolute atomic E-state index is 0.0404. The Morgan fingerprint density at radius 2 is 1.94 bits per heavy atom. The van der Waals surface area contributed by atoms with Crippen LogP contribution in [0.2, 0.25) is 5.02 Å². The fourth-order valence-electron chi connectivity index (χ4n) is 5.69. The van der Waals surface area contributed by atoms with E-state index in [1.807, 2.05) is 30.6 Å². The second-order valence-corrected chi connectivity index (χ2v) is 9.51. The fourth-order valence-corrected chi connectivity index (χ4v) is 5.89. The summed E-state index contributed by atoms with van der Waals surface area (Å²) >= 11 is 6.20. The summed E-state index contributed by atoms with van der Waals surface area (Å²) in [6, 6.07) is 8.94. The number of hydrazine groups is 1. The first-order valence-electron chi connectivity index (χ1n) is 11.0. The Bertz CT molecular complexity index is 955. The molecule has 1 aliphatic carbocycles. The number of halogens is 1. The second kappa shape index (κ2) is 8.37. The lowest BCUT2D eigenvalue weighted by atomic mass is 9.66. The number of nitrogens with one attached hydrogen (secondary N) is 3. The number of fused-ring (bicyclic) bond motifs is 2. The quantitative estimate of drug-likeness (QED) is 0.676. The van der Waals surface area contributed by atoms with Gasteiger partial charge in [0.05, 0.1) is 13.2 Å². The zero-order chi connectivity index (χ0) is 21.5. The molecule has 2 saturated heterocycles. The number of ether oxygens (including phenoxy) is 1. The molecule has 0 radical (unpaired) electrons. The molecule has 7 nitrogen and oxygen atoms in total. The van der Waals surface area contributed by atoms with Crippen LogP contribution >= 0.6 is 11.6 Å². The molecule has 1 amide bonds. The van der Waals surface area contributed by atoms with Gasteiger partial charge in [0, 0.05) is 41.0 Å². The van der Waals surface area contributed by atoms with Crippen LogP contribution in [0.5, 0.6) is 6.01 Å². The number of aromatic nitrogens is 2. The smallest absolute Gasteiger partial charge is 0.316 e. The predicted molar refractivity (Wildman–Crippen MR) is 118 cm³/mol. The number of benzene rings is 1. The minimum Gasteiger partial charge on any atom is -0.467 e. The maximum Gasteiger partial charge on any atom is 0.316 e. The van der Waals surface area contributed by atoms with E-state index in [1.165, 1.54) is 0 Å². The van der Waals surface area contributed by atoms with Crippen molar-refractivity contribution in [1.29, 1.82) is 0 Å². The summed E-state index contributed by atoms with van der Waals surface area (Å²) in [6.07, 6.45) is 6.56. The lowest BCUT2D eigenvalue weighted by Crippen LogP contribution is -2.56. The summed E-state index contributed by atoms with van der Waals surface area (Å²) in [5, 5.41) is 4.05. The van der Waals surface area contributed by atoms with Gasteiger partial charge in [-0.3, -0.25) is 10.2 Å². The van der Waals surface area contributed by atoms with E-state index in [0.29, 0.717) is 28.9 Å². The molecule has 1 aromatic heterocycles. The van der Waals surface area contributed by atoms with Crippen molar-refractivity contribution < 1.29 is 9.53 Å². The molecule has 3 fully saturated rings. The van der Waals surface area contributed by atoms with E-state index < -0.39 is 0 Å². The Kier molecular flexibility index (Phi) is 5.58. The van der Waals surface area contributed by atoms with E-state index in [0.717, 1.165) is 30.4 Å². The van der Waals surface area contributed by atoms with E-state index in [-0.39, 0.29) is 29.8 Å². The van der Waals surface area contributed by atoms with Gasteiger partial charge < -0.3 is 10.1 Å². The van der Waals surface area contributed by atoms with Gasteiger partial charge in [-0.25, -0.2) is 15.4 Å². The normalized spacial score (nSPS) is 33.2. The van der Waals surface area contributed by atoms with Gasteiger partial charge in [-0.1, -0.05) is 30.7 Å². The monoisotopic (exact) mass is 441 g/mol. The number of hydrogen-bond donors (Lipinski definition) is 3. The lowest BCUT2D eigenvalue weighted by molar-refractivity contribution is -0.131. The van der Waals surface area contributed by atoms with E-state index in [1.54, 1.807) is 7.11 Å². The average Bonchev–Trinajstić information content (AvgIpc) is 3.19. The van der Waals surface area contributed by atoms with Gasteiger partial charge in [0.1, 0.15) is 0 Å². The number of carbonyl (C=O) groups excluding carboxylic acids is 1. The third-order valence-electron chi connectivity index (χ3n) is 7.41. The fraction of sp³-hybridized carbons (Fsp3) is 0.522. The molecule has 7 unspecified atom stereocenters. The standard InChI is InChI=1S/C23H28ClN5O2/c1-12(13-4-3-5-16(24)6-13)17-7-14-8-18-20(9-19(14)27-22(17)30)28-29-21(18)15-10-25-23(31-2)26-11-15/h3-6,10-12,14,17-21,28-29H,7-9H2,1-2H3,(H,27,30). The minimum atomic E-state index is -0.0404. The van der Waals surface area contributed by atoms with Crippen LogP contribution in [0.1, 0.15) is 49.3 Å². The molecule has 7 atom stereocenters. The summed E-state index contributed by atoms with van der Waals surface area (Å²) < 4.78 is 5.09. The first-order chi connectivity index (χ1) is 15.0. The molecule has 0 bridgehead atoms. The Labute approximate surface area is 187 Å². The van der Waals surface area contributed by atoms with Gasteiger partial charge in [-0.05, 0) is 54.7 Å². The highest BCUT2D eigenvalue weighted by atomic mass is 35.5. The van der Waals surface area contributed by atoms with E-state index in [2.05, 4.69) is 39.1 Å². The van der Waals surface area contributed by atoms with Gasteiger partial charge in [-0.15, -0.1) is 0 Å². The van der Waals surface area contributed by atoms with Crippen molar-refractivity contribution in [3.63, 3.8) is 0 Å². The van der Waals surface area contributed by atoms with Crippen molar-refractivity contribution in [2.24, 2.45) is 17.8 Å². The molecule has 3 aliphatic rings. The summed E-state index contributed by atoms with van der Waals surface area (Å²) in [5.74, 6) is 1.13. The van der Waals surface area contributed by atoms with E-state index in [4.69, 9.17) is 16.3 Å². The second-order valence-electron chi connectivity index (χ2n) is 9.07. The molecular weight excluding hydrogens is 414 g/mol. The Morgan fingerprint density at radius 1 is 1.13 bits per heavy atom. The molecule has 164 valence electrons. The van der Waals surface area contributed by atoms with Crippen LogP contribution in [-0.4, -0.2) is 35.1 Å². The summed E-state index contributed by atoms with van der Waals surface area (Å²) in [4.78, 5) is 21.5. The van der Waals surface area contributed by atoms with Crippen LogP contribution in [-0.2, 0) is 4.79 Å². The number of methoxy groups -OCH3 is 1. The van der Waals surface area contributed by atoms with Gasteiger partial charge in [0.25, 0.3) is 0 Å². The molecule has 1 aromatic carbocycles. The van der Waals surface area contributed by atoms with Crippen LogP contribution in [0.4, 0.5) is 0 Å². The number of hydrogen-bond acceptors (Lipinski definition) is 6. The Morgan fingerprint density at radius 3 is 2.68 bits per heavy atom. The predicted octanol–water partition coefficient (Wildman–Crippen LogP) is 2.99. The third-order valence-corrected chi connectivity index (χ3v) is 7.65. The van der Waals surface area contributed by atoms with Crippen LogP contribution in [0.15, 0.2) is 36.7 Å². The van der Waals surface area contributed by atoms with Crippen molar-refractivity contribution in [3.05, 3.63) is 52.8 Å². The molecule has 0 spiro atoms. The Balaban J connectivity index is 1.32. The van der Waals surface area contributed by atoms with Crippen LogP contribution in [0, 0.1) is 17.8 Å². The Hall–Kier alpha value is -2.22. The molecule has 2 aliphatic heterocycles. The number of carbonyl (C=O) groups is 1. The number of nitrogens with zero attached hydrogens (tertiary/aromatic N) is 2. The van der Waals surface area contributed by atoms with Gasteiger partial charge >= 0.3 is 6.01 Å². The number of amides is 1. The SMILES string of the molecule is COc1ncc(C2NNC3CC4NC(=O)C(C(C)c5cccc(Cl)c5)CC4CC32)cn1. The highest BCUT2D eigenvalue weighted by Gasteiger charge is 2.49. The van der Waals surface area contributed by atoms with Gasteiger partial charge in [0.15, 0.2) is 0 Å². The third kappa shape index (κ3) is 3.90. The van der Waals surface area contributed by atoms with Gasteiger partial charge in [-0.2, -0.15) is 0 Å². The molecule has 1 saturated carbocycles. The molecule has 8 heteroatoms. The molecule has 3 N–H and O–H groups in total. The molecule has 2 aromatic rings. The summed E-state index contributed by atoms with van der Waals surface area (Å²) in [6.45, 7) is 2.14. The lowest BCUT2D eigenvalue weighted by Gasteiger charge is -2.45. The highest BCUT2D eigenvalue weighted by Crippen LogP contribution is 2.45. The van der Waals surface area contributed by atoms with E-state index in [9.17, 15) is 4.79 Å². The summed E-state index contributed by atoms with van der Waals surface area (Å²) in [5.41, 5.74) is 9.07. The van der Waals surface area contributed by atoms with E-state index >= 15 is 0 Å². The van der Waals surface area contributed by atoms with Crippen LogP contribution in [0.3, 0.4) is 0 Å². The molecule has 5 rings (SSSR count). The zero-order valence-electron chi connectivity index (χ0n) is 17.7. The zero-order valence-corrected chi connectivity index (χ0v) is 18.5. The van der Waals surface area contributed by atoms with Crippen LogP contribution in [0.25, 0.3) is 0 Å². The highest BCUT2D eigenvalue weighted by molar-refractivity contribution is 6.30. The number of rotatable bonds is 4. The molecule has 31 heavy (non-hydrogen) atoms. The van der Waals surface area contributed by atoms with Crippen molar-refractivity contribution in [3.8, 4) is 6.01 Å². The van der Waals surface area contributed by atoms with Crippen molar-refractivity contribution in [2.45, 2.75) is 50.2 Å². The molecular formula is C23H28ClN5O2. The van der Waals surface area contributed by atoms with Crippen molar-refractivity contribution >= 4 is 17.5 Å². The topological polar surface area (TPSA) is 88.2 Å². The van der Waals surface area contributed by atoms with Crippen molar-refractivity contribution in [1.82, 2.24) is 26.1 Å². The largest absolute Gasteiger partial charge is 0.467 e. The number of piperidine rings is 1.